The van der Waals surface area contributed by atoms with Crippen LogP contribution in [-0.4, -0.2) is 30.1 Å². The van der Waals surface area contributed by atoms with E-state index in [2.05, 4.69) is 0 Å². The van der Waals surface area contributed by atoms with E-state index >= 15 is 0 Å². The van der Waals surface area contributed by atoms with E-state index in [0.29, 0.717) is 0 Å². The molecule has 0 unspecified atom stereocenters. The van der Waals surface area contributed by atoms with E-state index in [1.807, 2.05) is 0 Å². The lowest BCUT2D eigenvalue weighted by atomic mass is 9.99. The molecule has 1 rings (SSSR count). The molecule has 17 heavy (non-hydrogen) atoms. The number of benzene rings is 1. The number of hydrogen-bond acceptors (Lipinski definition) is 2. The van der Waals surface area contributed by atoms with E-state index in [-0.39, 0.29) is 5.56 Å². The van der Waals surface area contributed by atoms with Crippen molar-refractivity contribution in [2.45, 2.75) is 12.2 Å². The number of hydrogen-bond donors (Lipinski definition) is 1. The van der Waals surface area contributed by atoms with Gasteiger partial charge in [0.15, 0.2) is 0 Å². The van der Waals surface area contributed by atoms with Crippen molar-refractivity contribution in [1.29, 1.82) is 0 Å². The van der Waals surface area contributed by atoms with Gasteiger partial charge in [0.2, 0.25) is 0 Å². The molecule has 0 fully saturated rings. The second kappa shape index (κ2) is 4.75. The largest absolute Gasteiger partial charge is 0.480 e. The number of likely N-dealkylation sites (N-methyl/N-ethyl adjacent to an activating group) is 1. The summed E-state index contributed by atoms with van der Waals surface area (Å²) < 4.78 is 38.2. The fourth-order valence-electron chi connectivity index (χ4n) is 1.63. The summed E-state index contributed by atoms with van der Waals surface area (Å²) in [6, 6.07) is 3.38. The highest BCUT2D eigenvalue weighted by atomic mass is 19.4. The maximum absolute atomic E-state index is 12.7. The van der Waals surface area contributed by atoms with Gasteiger partial charge in [0.05, 0.1) is 5.56 Å². The van der Waals surface area contributed by atoms with Crippen molar-refractivity contribution in [2.75, 3.05) is 14.1 Å². The number of alkyl halides is 3. The zero-order valence-corrected chi connectivity index (χ0v) is 9.32. The smallest absolute Gasteiger partial charge is 0.416 e. The lowest BCUT2D eigenvalue weighted by molar-refractivity contribution is -0.144. The molecule has 1 atom stereocenters. The molecule has 0 aliphatic heterocycles. The molecule has 0 saturated carbocycles. The lowest BCUT2D eigenvalue weighted by Gasteiger charge is -2.23. The van der Waals surface area contributed by atoms with Crippen LogP contribution in [-0.2, 0) is 11.0 Å². The fraction of sp³-hybridized carbons (Fsp3) is 0.364. The standard InChI is InChI=1S/C11H12F3NO2/c1-15(2)9(10(16)17)7-5-3-4-6-8(7)11(12,13)14/h3-6,9H,1-2H3,(H,16,17)/t9-/m1/s1. The molecular formula is C11H12F3NO2. The molecule has 1 N–H and O–H groups in total. The minimum atomic E-state index is -4.56. The van der Waals surface area contributed by atoms with Gasteiger partial charge < -0.3 is 5.11 Å². The van der Waals surface area contributed by atoms with E-state index in [9.17, 15) is 18.0 Å². The first-order valence-electron chi connectivity index (χ1n) is 4.80. The predicted octanol–water partition coefficient (Wildman–Crippen LogP) is 2.39. The van der Waals surface area contributed by atoms with Crippen LogP contribution in [0.25, 0.3) is 0 Å². The zero-order valence-electron chi connectivity index (χ0n) is 9.32. The van der Waals surface area contributed by atoms with Gasteiger partial charge in [-0.05, 0) is 25.7 Å². The Morgan fingerprint density at radius 1 is 1.29 bits per heavy atom. The van der Waals surface area contributed by atoms with Crippen LogP contribution in [0.5, 0.6) is 0 Å². The summed E-state index contributed by atoms with van der Waals surface area (Å²) in [5.74, 6) is -1.31. The van der Waals surface area contributed by atoms with Crippen LogP contribution in [0.4, 0.5) is 13.2 Å². The van der Waals surface area contributed by atoms with Crippen molar-refractivity contribution in [3.8, 4) is 0 Å². The summed E-state index contributed by atoms with van der Waals surface area (Å²) in [5.41, 5.74) is -1.17. The average Bonchev–Trinajstić information content (AvgIpc) is 2.15. The Kier molecular flexibility index (Phi) is 3.77. The molecule has 6 heteroatoms. The maximum atomic E-state index is 12.7. The first-order valence-corrected chi connectivity index (χ1v) is 4.80. The first-order chi connectivity index (χ1) is 7.75. The van der Waals surface area contributed by atoms with E-state index in [4.69, 9.17) is 5.11 Å². The van der Waals surface area contributed by atoms with Gasteiger partial charge in [-0.1, -0.05) is 18.2 Å². The van der Waals surface area contributed by atoms with Crippen molar-refractivity contribution in [2.24, 2.45) is 0 Å². The van der Waals surface area contributed by atoms with Crippen molar-refractivity contribution >= 4 is 5.97 Å². The molecule has 0 amide bonds. The normalized spacial score (nSPS) is 13.8. The predicted molar refractivity (Wildman–Crippen MR) is 55.5 cm³/mol. The van der Waals surface area contributed by atoms with Crippen LogP contribution in [0, 0.1) is 0 Å². The third-order valence-electron chi connectivity index (χ3n) is 2.31. The summed E-state index contributed by atoms with van der Waals surface area (Å²) in [7, 11) is 2.85. The van der Waals surface area contributed by atoms with E-state index in [1.165, 1.54) is 37.2 Å². The number of carboxylic acids is 1. The van der Waals surface area contributed by atoms with E-state index in [0.717, 1.165) is 6.07 Å². The van der Waals surface area contributed by atoms with Gasteiger partial charge >= 0.3 is 12.1 Å². The summed E-state index contributed by atoms with van der Waals surface area (Å²) in [5, 5.41) is 8.98. The second-order valence-electron chi connectivity index (χ2n) is 3.79. The Morgan fingerprint density at radius 3 is 2.24 bits per heavy atom. The Bertz CT molecular complexity index is 415. The van der Waals surface area contributed by atoms with Crippen LogP contribution in [0.1, 0.15) is 17.2 Å². The number of rotatable bonds is 3. The Morgan fingerprint density at radius 2 is 1.82 bits per heavy atom. The molecule has 3 nitrogen and oxygen atoms in total. The van der Waals surface area contributed by atoms with E-state index in [1.54, 1.807) is 0 Å². The molecule has 94 valence electrons. The summed E-state index contributed by atoms with van der Waals surface area (Å²) in [4.78, 5) is 12.2. The number of carboxylic acid groups (broad SMARTS) is 1. The fourth-order valence-corrected chi connectivity index (χ4v) is 1.63. The van der Waals surface area contributed by atoms with Gasteiger partial charge in [-0.15, -0.1) is 0 Å². The highest BCUT2D eigenvalue weighted by Crippen LogP contribution is 2.35. The summed E-state index contributed by atoms with van der Waals surface area (Å²) in [6.45, 7) is 0. The molecule has 1 aromatic rings. The monoisotopic (exact) mass is 247 g/mol. The Hall–Kier alpha value is -1.56. The van der Waals surface area contributed by atoms with Gasteiger partial charge in [-0.2, -0.15) is 13.2 Å². The Balaban J connectivity index is 3.34. The molecule has 0 radical (unpaired) electrons. The highest BCUT2D eigenvalue weighted by Gasteiger charge is 2.37. The van der Waals surface area contributed by atoms with Gasteiger partial charge in [0.25, 0.3) is 0 Å². The number of aliphatic carboxylic acids is 1. The topological polar surface area (TPSA) is 40.5 Å². The quantitative estimate of drug-likeness (QED) is 0.891. The maximum Gasteiger partial charge on any atom is 0.416 e. The molecule has 0 spiro atoms. The number of nitrogens with zero attached hydrogens (tertiary/aromatic N) is 1. The number of carbonyl (C=O) groups is 1. The first kappa shape index (κ1) is 13.5. The SMILES string of the molecule is CN(C)[C@@H](C(=O)O)c1ccccc1C(F)(F)F. The van der Waals surface area contributed by atoms with Crippen LogP contribution < -0.4 is 0 Å². The van der Waals surface area contributed by atoms with Gasteiger partial charge in [-0.3, -0.25) is 9.69 Å². The molecule has 0 aliphatic carbocycles. The minimum Gasteiger partial charge on any atom is -0.480 e. The molecule has 0 bridgehead atoms. The molecular weight excluding hydrogens is 235 g/mol. The van der Waals surface area contributed by atoms with Crippen LogP contribution in [0.15, 0.2) is 24.3 Å². The third kappa shape index (κ3) is 2.97. The van der Waals surface area contributed by atoms with Gasteiger partial charge in [0.1, 0.15) is 6.04 Å². The molecule has 1 aromatic carbocycles. The molecule has 0 aliphatic rings. The van der Waals surface area contributed by atoms with Gasteiger partial charge in [0, 0.05) is 0 Å². The van der Waals surface area contributed by atoms with Crippen LogP contribution in [0.3, 0.4) is 0 Å². The molecule has 0 heterocycles. The van der Waals surface area contributed by atoms with Crippen molar-refractivity contribution < 1.29 is 23.1 Å². The molecule has 0 saturated heterocycles. The van der Waals surface area contributed by atoms with Crippen LogP contribution >= 0.6 is 0 Å². The minimum absolute atomic E-state index is 0.252. The van der Waals surface area contributed by atoms with Crippen molar-refractivity contribution in [3.05, 3.63) is 35.4 Å². The van der Waals surface area contributed by atoms with E-state index < -0.39 is 23.8 Å². The Labute approximate surface area is 96.5 Å². The lowest BCUT2D eigenvalue weighted by Crippen LogP contribution is -2.29. The van der Waals surface area contributed by atoms with Crippen molar-refractivity contribution in [3.63, 3.8) is 0 Å². The zero-order chi connectivity index (χ0) is 13.2. The highest BCUT2D eigenvalue weighted by molar-refractivity contribution is 5.76. The van der Waals surface area contributed by atoms with Gasteiger partial charge in [-0.25, -0.2) is 0 Å². The number of halogens is 3. The van der Waals surface area contributed by atoms with Crippen molar-refractivity contribution in [1.82, 2.24) is 4.90 Å². The molecule has 0 aromatic heterocycles. The third-order valence-corrected chi connectivity index (χ3v) is 2.31. The summed E-state index contributed by atoms with van der Waals surface area (Å²) >= 11 is 0. The van der Waals surface area contributed by atoms with Crippen LogP contribution in [0.2, 0.25) is 0 Å². The average molecular weight is 247 g/mol. The summed E-state index contributed by atoms with van der Waals surface area (Å²) in [6.07, 6.45) is -4.56. The second-order valence-corrected chi connectivity index (χ2v) is 3.79.